The number of nitrogens with one attached hydrogen (secondary N) is 1. The fraction of sp³-hybridized carbons (Fsp3) is 0.389. The Hall–Kier alpha value is -2.63. The summed E-state index contributed by atoms with van der Waals surface area (Å²) in [6.07, 6.45) is 4.32. The van der Waals surface area contributed by atoms with Gasteiger partial charge in [-0.2, -0.15) is 5.10 Å². The Morgan fingerprint density at radius 1 is 1.21 bits per heavy atom. The molecule has 1 N–H and O–H groups in total. The summed E-state index contributed by atoms with van der Waals surface area (Å²) >= 11 is 0. The van der Waals surface area contributed by atoms with Crippen molar-refractivity contribution in [1.82, 2.24) is 15.1 Å². The largest absolute Gasteiger partial charge is 0.494 e. The Kier molecular flexibility index (Phi) is 7.01. The van der Waals surface area contributed by atoms with Gasteiger partial charge in [0.1, 0.15) is 5.75 Å². The van der Waals surface area contributed by atoms with Crippen LogP contribution in [0.15, 0.2) is 47.4 Å². The van der Waals surface area contributed by atoms with Gasteiger partial charge in [0, 0.05) is 30.9 Å². The highest BCUT2D eigenvalue weighted by atomic mass is 16.5. The summed E-state index contributed by atoms with van der Waals surface area (Å²) in [7, 11) is 0. The SMILES string of the molecule is CCCCOc1ccc(C(=O)NCCCn2ncccc2=O)cc1. The zero-order valence-corrected chi connectivity index (χ0v) is 13.9. The first-order valence-corrected chi connectivity index (χ1v) is 8.24. The summed E-state index contributed by atoms with van der Waals surface area (Å²) in [6, 6.07) is 10.2. The fourth-order valence-corrected chi connectivity index (χ4v) is 2.12. The molecule has 6 heteroatoms. The van der Waals surface area contributed by atoms with Gasteiger partial charge in [-0.25, -0.2) is 4.68 Å². The Morgan fingerprint density at radius 3 is 2.71 bits per heavy atom. The smallest absolute Gasteiger partial charge is 0.266 e. The van der Waals surface area contributed by atoms with Crippen LogP contribution >= 0.6 is 0 Å². The number of rotatable bonds is 9. The van der Waals surface area contributed by atoms with Gasteiger partial charge in [0.15, 0.2) is 0 Å². The lowest BCUT2D eigenvalue weighted by Crippen LogP contribution is -2.27. The number of carbonyl (C=O) groups excluding carboxylic acids is 1. The second kappa shape index (κ2) is 9.50. The van der Waals surface area contributed by atoms with Gasteiger partial charge in [-0.1, -0.05) is 13.3 Å². The molecule has 0 fully saturated rings. The van der Waals surface area contributed by atoms with Crippen molar-refractivity contribution in [2.45, 2.75) is 32.7 Å². The van der Waals surface area contributed by atoms with Crippen molar-refractivity contribution in [1.29, 1.82) is 0 Å². The Balaban J connectivity index is 1.74. The van der Waals surface area contributed by atoms with E-state index in [2.05, 4.69) is 17.3 Å². The molecule has 0 aliphatic rings. The number of aryl methyl sites for hydroxylation is 1. The van der Waals surface area contributed by atoms with Crippen molar-refractivity contribution in [2.24, 2.45) is 0 Å². The number of amides is 1. The van der Waals surface area contributed by atoms with Crippen LogP contribution in [0.1, 0.15) is 36.5 Å². The lowest BCUT2D eigenvalue weighted by atomic mass is 10.2. The molecule has 0 saturated carbocycles. The van der Waals surface area contributed by atoms with E-state index in [1.165, 1.54) is 10.7 Å². The van der Waals surface area contributed by atoms with Gasteiger partial charge < -0.3 is 10.1 Å². The molecule has 2 rings (SSSR count). The van der Waals surface area contributed by atoms with E-state index in [0.29, 0.717) is 31.7 Å². The molecule has 0 aliphatic heterocycles. The number of unbranched alkanes of at least 4 members (excludes halogenated alkanes) is 1. The molecular weight excluding hydrogens is 306 g/mol. The molecule has 1 amide bonds. The van der Waals surface area contributed by atoms with Crippen LogP contribution in [0.3, 0.4) is 0 Å². The second-order valence-electron chi connectivity index (χ2n) is 5.42. The van der Waals surface area contributed by atoms with Gasteiger partial charge >= 0.3 is 0 Å². The van der Waals surface area contributed by atoms with Crippen LogP contribution in [0.5, 0.6) is 5.75 Å². The molecule has 0 unspecified atom stereocenters. The van der Waals surface area contributed by atoms with Crippen LogP contribution in [0.2, 0.25) is 0 Å². The molecule has 1 heterocycles. The number of hydrogen-bond acceptors (Lipinski definition) is 4. The van der Waals surface area contributed by atoms with Crippen molar-refractivity contribution < 1.29 is 9.53 Å². The van der Waals surface area contributed by atoms with E-state index >= 15 is 0 Å². The zero-order chi connectivity index (χ0) is 17.2. The molecule has 0 bridgehead atoms. The topological polar surface area (TPSA) is 73.2 Å². The number of benzene rings is 1. The van der Waals surface area contributed by atoms with Crippen LogP contribution in [0, 0.1) is 0 Å². The van der Waals surface area contributed by atoms with Gasteiger partial charge in [0.2, 0.25) is 0 Å². The normalized spacial score (nSPS) is 10.4. The third-order valence-electron chi connectivity index (χ3n) is 3.50. The minimum absolute atomic E-state index is 0.136. The lowest BCUT2D eigenvalue weighted by Gasteiger charge is -2.08. The standard InChI is InChI=1S/C18H23N3O3/c1-2-3-14-24-16-9-7-15(8-10-16)18(23)19-11-5-13-21-17(22)6-4-12-20-21/h4,6-10,12H,2-3,5,11,13-14H2,1H3,(H,19,23). The molecule has 24 heavy (non-hydrogen) atoms. The Morgan fingerprint density at radius 2 is 2.00 bits per heavy atom. The first kappa shape index (κ1) is 17.7. The number of ether oxygens (including phenoxy) is 1. The number of carbonyl (C=O) groups is 1. The molecule has 0 spiro atoms. The minimum atomic E-state index is -0.137. The van der Waals surface area contributed by atoms with Crippen molar-refractivity contribution >= 4 is 5.91 Å². The summed E-state index contributed by atoms with van der Waals surface area (Å²) < 4.78 is 6.95. The van der Waals surface area contributed by atoms with Crippen molar-refractivity contribution in [2.75, 3.05) is 13.2 Å². The number of hydrogen-bond donors (Lipinski definition) is 1. The van der Waals surface area contributed by atoms with Crippen LogP contribution in [0.4, 0.5) is 0 Å². The van der Waals surface area contributed by atoms with Crippen LogP contribution in [-0.2, 0) is 6.54 Å². The van der Waals surface area contributed by atoms with Crippen molar-refractivity contribution in [3.8, 4) is 5.75 Å². The first-order valence-electron chi connectivity index (χ1n) is 8.24. The second-order valence-corrected chi connectivity index (χ2v) is 5.42. The highest BCUT2D eigenvalue weighted by molar-refractivity contribution is 5.94. The van der Waals surface area contributed by atoms with Crippen LogP contribution < -0.4 is 15.6 Å². The van der Waals surface area contributed by atoms with Crippen molar-refractivity contribution in [3.63, 3.8) is 0 Å². The quantitative estimate of drug-likeness (QED) is 0.716. The van der Waals surface area contributed by atoms with E-state index in [1.807, 2.05) is 0 Å². The highest BCUT2D eigenvalue weighted by Crippen LogP contribution is 2.12. The average molecular weight is 329 g/mol. The maximum Gasteiger partial charge on any atom is 0.266 e. The Bertz CT molecular complexity index is 695. The molecule has 0 radical (unpaired) electrons. The minimum Gasteiger partial charge on any atom is -0.494 e. The van der Waals surface area contributed by atoms with Crippen LogP contribution in [0.25, 0.3) is 0 Å². The monoisotopic (exact) mass is 329 g/mol. The van der Waals surface area contributed by atoms with Crippen molar-refractivity contribution in [3.05, 3.63) is 58.5 Å². The summed E-state index contributed by atoms with van der Waals surface area (Å²) in [5.41, 5.74) is 0.454. The summed E-state index contributed by atoms with van der Waals surface area (Å²) in [5.74, 6) is 0.637. The maximum absolute atomic E-state index is 12.1. The zero-order valence-electron chi connectivity index (χ0n) is 13.9. The van der Waals surface area contributed by atoms with E-state index in [0.717, 1.165) is 18.6 Å². The van der Waals surface area contributed by atoms with Gasteiger partial charge in [0.25, 0.3) is 11.5 Å². The summed E-state index contributed by atoms with van der Waals surface area (Å²) in [4.78, 5) is 23.6. The molecule has 1 aromatic heterocycles. The third-order valence-corrected chi connectivity index (χ3v) is 3.50. The maximum atomic E-state index is 12.1. The predicted molar refractivity (Wildman–Crippen MR) is 92.3 cm³/mol. The molecule has 1 aromatic carbocycles. The van der Waals surface area contributed by atoms with E-state index in [4.69, 9.17) is 4.74 Å². The van der Waals surface area contributed by atoms with Crippen LogP contribution in [-0.4, -0.2) is 28.8 Å². The average Bonchev–Trinajstić information content (AvgIpc) is 2.61. The van der Waals surface area contributed by atoms with Gasteiger partial charge in [-0.3, -0.25) is 9.59 Å². The van der Waals surface area contributed by atoms with Gasteiger partial charge in [0.05, 0.1) is 6.61 Å². The third kappa shape index (κ3) is 5.53. The molecule has 0 aliphatic carbocycles. The van der Waals surface area contributed by atoms with E-state index in [9.17, 15) is 9.59 Å². The molecule has 0 saturated heterocycles. The number of aromatic nitrogens is 2. The van der Waals surface area contributed by atoms with E-state index < -0.39 is 0 Å². The summed E-state index contributed by atoms with van der Waals surface area (Å²) in [6.45, 7) is 3.76. The van der Waals surface area contributed by atoms with Gasteiger partial charge in [-0.05, 0) is 43.2 Å². The van der Waals surface area contributed by atoms with Gasteiger partial charge in [-0.15, -0.1) is 0 Å². The molecule has 0 atom stereocenters. The highest BCUT2D eigenvalue weighted by Gasteiger charge is 2.05. The molecule has 2 aromatic rings. The molecule has 6 nitrogen and oxygen atoms in total. The number of nitrogens with zero attached hydrogens (tertiary/aromatic N) is 2. The summed E-state index contributed by atoms with van der Waals surface area (Å²) in [5, 5.41) is 6.81. The first-order chi connectivity index (χ1) is 11.7. The van der Waals surface area contributed by atoms with E-state index in [-0.39, 0.29) is 11.5 Å². The predicted octanol–water partition coefficient (Wildman–Crippen LogP) is 2.24. The molecular formula is C18H23N3O3. The van der Waals surface area contributed by atoms with E-state index in [1.54, 1.807) is 36.5 Å². The lowest BCUT2D eigenvalue weighted by molar-refractivity contribution is 0.0952. The fourth-order valence-electron chi connectivity index (χ4n) is 2.12. The molecule has 128 valence electrons. The Labute approximate surface area is 141 Å².